The lowest BCUT2D eigenvalue weighted by atomic mass is 10.1. The van der Waals surface area contributed by atoms with Crippen molar-refractivity contribution in [1.29, 1.82) is 0 Å². The van der Waals surface area contributed by atoms with Crippen molar-refractivity contribution in [2.24, 2.45) is 5.73 Å². The number of amides is 1. The largest absolute Gasteiger partial charge is 0.487 e. The van der Waals surface area contributed by atoms with E-state index in [0.29, 0.717) is 24.5 Å². The number of carbonyl (C=O) groups is 1. The van der Waals surface area contributed by atoms with Crippen molar-refractivity contribution in [3.8, 4) is 17.0 Å². The van der Waals surface area contributed by atoms with Gasteiger partial charge in [0.25, 0.3) is 0 Å². The maximum Gasteiger partial charge on any atom is 0.406 e. The molecule has 1 unspecified atom stereocenters. The molecule has 2 aromatic rings. The van der Waals surface area contributed by atoms with E-state index in [2.05, 4.69) is 14.6 Å². The molecule has 158 valence electrons. The topological polar surface area (TPSA) is 96.1 Å². The van der Waals surface area contributed by atoms with Gasteiger partial charge < -0.3 is 29.6 Å². The lowest BCUT2D eigenvalue weighted by Gasteiger charge is -2.26. The summed E-state index contributed by atoms with van der Waals surface area (Å²) < 4.78 is 48.7. The average Bonchev–Trinajstić information content (AvgIpc) is 3.18. The van der Waals surface area contributed by atoms with E-state index in [1.807, 2.05) is 0 Å². The number of aromatic nitrogens is 1. The number of hydrogen-bond acceptors (Lipinski definition) is 8. The highest BCUT2D eigenvalue weighted by Gasteiger charge is 2.21. The number of nitrogens with two attached hydrogens (primary N) is 1. The van der Waals surface area contributed by atoms with Crippen LogP contribution in [-0.2, 0) is 14.2 Å². The number of ether oxygens (including phenoxy) is 4. The smallest absolute Gasteiger partial charge is 0.406 e. The first-order valence-electron chi connectivity index (χ1n) is 8.92. The van der Waals surface area contributed by atoms with Crippen LogP contribution in [0.3, 0.4) is 0 Å². The minimum absolute atomic E-state index is 0.0278. The summed E-state index contributed by atoms with van der Waals surface area (Å²) in [6, 6.07) is 2.45. The van der Waals surface area contributed by atoms with Gasteiger partial charge in [0, 0.05) is 24.0 Å². The third kappa shape index (κ3) is 5.52. The van der Waals surface area contributed by atoms with Crippen LogP contribution in [0.4, 0.5) is 18.7 Å². The van der Waals surface area contributed by atoms with Crippen LogP contribution in [0.15, 0.2) is 17.5 Å². The molecule has 1 atom stereocenters. The number of primary amides is 1. The molecule has 1 amide bonds. The van der Waals surface area contributed by atoms with Crippen LogP contribution < -0.4 is 15.4 Å². The molecule has 0 aliphatic carbocycles. The number of halogens is 2. The molecule has 11 heteroatoms. The summed E-state index contributed by atoms with van der Waals surface area (Å²) in [6.07, 6.45) is -1.86. The minimum atomic E-state index is -1.11. The lowest BCUT2D eigenvalue weighted by Crippen LogP contribution is -2.36. The number of anilines is 1. The number of carbonyl (C=O) groups excluding carboxylic acids is 1. The van der Waals surface area contributed by atoms with E-state index in [4.69, 9.17) is 19.9 Å². The Bertz CT molecular complexity index is 845. The van der Waals surface area contributed by atoms with Crippen LogP contribution in [0.1, 0.15) is 6.92 Å². The van der Waals surface area contributed by atoms with Gasteiger partial charge in [0.2, 0.25) is 12.1 Å². The Labute approximate surface area is 170 Å². The summed E-state index contributed by atoms with van der Waals surface area (Å²) in [5.41, 5.74) is 5.70. The number of thiazole rings is 1. The maximum absolute atomic E-state index is 14.4. The van der Waals surface area contributed by atoms with E-state index in [0.717, 1.165) is 24.3 Å². The molecule has 0 radical (unpaired) electrons. The van der Waals surface area contributed by atoms with E-state index in [1.165, 1.54) is 24.3 Å². The number of nitrogens with zero attached hydrogens (tertiary/aromatic N) is 2. The molecule has 0 spiro atoms. The Morgan fingerprint density at radius 2 is 2.10 bits per heavy atom. The fourth-order valence-electron chi connectivity index (χ4n) is 2.72. The van der Waals surface area contributed by atoms with Gasteiger partial charge in [-0.2, -0.15) is 4.39 Å². The zero-order chi connectivity index (χ0) is 20.8. The quantitative estimate of drug-likeness (QED) is 0.509. The second kappa shape index (κ2) is 9.81. The van der Waals surface area contributed by atoms with Crippen LogP contribution in [0, 0.1) is 11.6 Å². The third-order valence-corrected chi connectivity index (χ3v) is 4.97. The van der Waals surface area contributed by atoms with Crippen LogP contribution in [0.5, 0.6) is 5.75 Å². The SMILES string of the molecule is CC(OCCOc1c(-c2csc(N3CCOCC3)n2)ccc(F)c1F)OC(N)=O. The molecule has 1 aromatic heterocycles. The molecule has 1 aliphatic heterocycles. The first-order chi connectivity index (χ1) is 14.0. The summed E-state index contributed by atoms with van der Waals surface area (Å²) in [5.74, 6) is -2.39. The Kier molecular flexibility index (Phi) is 7.18. The van der Waals surface area contributed by atoms with Crippen molar-refractivity contribution in [2.75, 3.05) is 44.4 Å². The average molecular weight is 429 g/mol. The van der Waals surface area contributed by atoms with Crippen molar-refractivity contribution in [3.05, 3.63) is 29.1 Å². The Balaban J connectivity index is 1.70. The minimum Gasteiger partial charge on any atom is -0.487 e. The Hall–Kier alpha value is -2.50. The molecule has 3 rings (SSSR count). The second-order valence-corrected chi connectivity index (χ2v) is 6.91. The van der Waals surface area contributed by atoms with Crippen molar-refractivity contribution < 1.29 is 32.5 Å². The van der Waals surface area contributed by atoms with Gasteiger partial charge in [-0.3, -0.25) is 0 Å². The zero-order valence-electron chi connectivity index (χ0n) is 15.7. The molecule has 1 fully saturated rings. The van der Waals surface area contributed by atoms with E-state index in [-0.39, 0.29) is 19.0 Å². The zero-order valence-corrected chi connectivity index (χ0v) is 16.5. The van der Waals surface area contributed by atoms with Gasteiger partial charge in [-0.25, -0.2) is 14.2 Å². The molecule has 2 heterocycles. The number of benzene rings is 1. The van der Waals surface area contributed by atoms with Crippen molar-refractivity contribution in [2.45, 2.75) is 13.2 Å². The molecule has 8 nitrogen and oxygen atoms in total. The molecule has 0 saturated carbocycles. The predicted octanol–water partition coefficient (Wildman–Crippen LogP) is 2.76. The van der Waals surface area contributed by atoms with Gasteiger partial charge in [0.15, 0.2) is 16.7 Å². The van der Waals surface area contributed by atoms with Gasteiger partial charge in [0.1, 0.15) is 6.61 Å². The van der Waals surface area contributed by atoms with Gasteiger partial charge in [-0.15, -0.1) is 11.3 Å². The molecular formula is C18H21F2N3O5S. The first kappa shape index (κ1) is 21.2. The number of hydrogen-bond donors (Lipinski definition) is 1. The standard InChI is InChI=1S/C18H21F2N3O5S/c1-11(28-17(21)24)26-8-9-27-16-12(2-3-13(19)15(16)20)14-10-29-18(22-14)23-4-6-25-7-5-23/h2-3,10-11H,4-9H2,1H3,(H2,21,24). The highest BCUT2D eigenvalue weighted by atomic mass is 32.1. The summed E-state index contributed by atoms with van der Waals surface area (Å²) in [5, 5.41) is 2.55. The monoisotopic (exact) mass is 429 g/mol. The Morgan fingerprint density at radius 1 is 1.34 bits per heavy atom. The molecule has 2 N–H and O–H groups in total. The second-order valence-electron chi connectivity index (χ2n) is 6.08. The highest BCUT2D eigenvalue weighted by molar-refractivity contribution is 7.14. The van der Waals surface area contributed by atoms with Gasteiger partial charge >= 0.3 is 6.09 Å². The highest BCUT2D eigenvalue weighted by Crippen LogP contribution is 2.36. The number of morpholine rings is 1. The third-order valence-electron chi connectivity index (χ3n) is 4.06. The molecule has 1 aliphatic rings. The molecule has 1 saturated heterocycles. The van der Waals surface area contributed by atoms with Crippen LogP contribution in [0.25, 0.3) is 11.3 Å². The lowest BCUT2D eigenvalue weighted by molar-refractivity contribution is -0.0945. The molecule has 0 bridgehead atoms. The van der Waals surface area contributed by atoms with Crippen LogP contribution >= 0.6 is 11.3 Å². The van der Waals surface area contributed by atoms with Gasteiger partial charge in [-0.05, 0) is 19.1 Å². The molecule has 1 aromatic carbocycles. The fourth-order valence-corrected chi connectivity index (χ4v) is 3.60. The summed E-state index contributed by atoms with van der Waals surface area (Å²) in [6.45, 7) is 4.02. The van der Waals surface area contributed by atoms with E-state index in [9.17, 15) is 13.6 Å². The maximum atomic E-state index is 14.4. The normalized spacial score (nSPS) is 15.2. The van der Waals surface area contributed by atoms with E-state index >= 15 is 0 Å². The summed E-state index contributed by atoms with van der Waals surface area (Å²) in [7, 11) is 0. The fraction of sp³-hybridized carbons (Fsp3) is 0.444. The van der Waals surface area contributed by atoms with E-state index < -0.39 is 24.0 Å². The van der Waals surface area contributed by atoms with Gasteiger partial charge in [-0.1, -0.05) is 0 Å². The molecule has 29 heavy (non-hydrogen) atoms. The molecular weight excluding hydrogens is 408 g/mol. The van der Waals surface area contributed by atoms with Gasteiger partial charge in [0.05, 0.1) is 25.5 Å². The van der Waals surface area contributed by atoms with Crippen molar-refractivity contribution >= 4 is 22.6 Å². The van der Waals surface area contributed by atoms with Crippen molar-refractivity contribution in [3.63, 3.8) is 0 Å². The first-order valence-corrected chi connectivity index (χ1v) is 9.80. The van der Waals surface area contributed by atoms with Crippen molar-refractivity contribution in [1.82, 2.24) is 4.98 Å². The van der Waals surface area contributed by atoms with E-state index in [1.54, 1.807) is 5.38 Å². The predicted molar refractivity (Wildman–Crippen MR) is 102 cm³/mol. The van der Waals surface area contributed by atoms with Crippen LogP contribution in [-0.4, -0.2) is 56.9 Å². The summed E-state index contributed by atoms with van der Waals surface area (Å²) >= 11 is 1.41. The summed E-state index contributed by atoms with van der Waals surface area (Å²) in [4.78, 5) is 17.3. The number of rotatable bonds is 8. The van der Waals surface area contributed by atoms with Crippen LogP contribution in [0.2, 0.25) is 0 Å². The Morgan fingerprint density at radius 3 is 2.83 bits per heavy atom.